The van der Waals surface area contributed by atoms with E-state index in [0.717, 1.165) is 83.2 Å². The van der Waals surface area contributed by atoms with Crippen molar-refractivity contribution in [3.8, 4) is 33.4 Å². The van der Waals surface area contributed by atoms with Crippen LogP contribution in [0.3, 0.4) is 0 Å². The quantitative estimate of drug-likeness (QED) is 0.169. The van der Waals surface area contributed by atoms with Crippen LogP contribution in [0.2, 0.25) is 0 Å². The Kier molecular flexibility index (Phi) is 7.54. The second-order valence-corrected chi connectivity index (χ2v) is 15.2. The average molecular weight is 754 g/mol. The van der Waals surface area contributed by atoms with Gasteiger partial charge in [0, 0.05) is 44.0 Å². The van der Waals surface area contributed by atoms with E-state index in [4.69, 9.17) is 8.83 Å². The molecule has 0 atom stereocenters. The Balaban J connectivity index is 1.04. The van der Waals surface area contributed by atoms with E-state index in [0.29, 0.717) is 0 Å². The minimum Gasteiger partial charge on any atom is -0.456 e. The minimum absolute atomic E-state index is 0.898. The van der Waals surface area contributed by atoms with Gasteiger partial charge in [-0.1, -0.05) is 158 Å². The van der Waals surface area contributed by atoms with E-state index in [1.165, 1.54) is 32.7 Å². The van der Waals surface area contributed by atoms with E-state index < -0.39 is 0 Å². The Bertz CT molecular complexity index is 3550. The van der Waals surface area contributed by atoms with Crippen molar-refractivity contribution in [1.82, 2.24) is 0 Å². The smallest absolute Gasteiger partial charge is 0.143 e. The van der Waals surface area contributed by atoms with Gasteiger partial charge in [0.1, 0.15) is 22.3 Å². The molecule has 0 saturated carbocycles. The predicted molar refractivity (Wildman–Crippen MR) is 247 cm³/mol. The molecular formula is C56H35NO2. The third-order valence-corrected chi connectivity index (χ3v) is 11.9. The second-order valence-electron chi connectivity index (χ2n) is 15.2. The Morgan fingerprint density at radius 2 is 0.831 bits per heavy atom. The van der Waals surface area contributed by atoms with Crippen LogP contribution in [-0.2, 0) is 0 Å². The SMILES string of the molecule is c1ccc2c(-c3c(N(c4ccc(-c5ccc6oc7ccccc7c6c5)cc4)c4ccc(-c5cccc6c5oc5ccccc56)cc4)ccc4ccccc34)cccc2c1. The van der Waals surface area contributed by atoms with Crippen molar-refractivity contribution in [2.75, 3.05) is 4.90 Å². The Morgan fingerprint density at radius 3 is 1.59 bits per heavy atom. The zero-order valence-corrected chi connectivity index (χ0v) is 32.0. The summed E-state index contributed by atoms with van der Waals surface area (Å²) in [6.07, 6.45) is 0. The van der Waals surface area contributed by atoms with Gasteiger partial charge in [-0.25, -0.2) is 0 Å². The van der Waals surface area contributed by atoms with E-state index in [-0.39, 0.29) is 0 Å². The molecule has 0 aliphatic carbocycles. The summed E-state index contributed by atoms with van der Waals surface area (Å²) in [4.78, 5) is 2.41. The molecule has 3 heteroatoms. The lowest BCUT2D eigenvalue weighted by atomic mass is 9.91. The molecule has 59 heavy (non-hydrogen) atoms. The molecule has 2 heterocycles. The topological polar surface area (TPSA) is 29.5 Å². The maximum atomic E-state index is 6.47. The molecule has 0 amide bonds. The van der Waals surface area contributed by atoms with E-state index in [2.05, 4.69) is 193 Å². The maximum Gasteiger partial charge on any atom is 0.143 e. The van der Waals surface area contributed by atoms with Gasteiger partial charge in [-0.15, -0.1) is 0 Å². The molecule has 0 fully saturated rings. The van der Waals surface area contributed by atoms with Crippen molar-refractivity contribution < 1.29 is 8.83 Å². The van der Waals surface area contributed by atoms with Crippen molar-refractivity contribution in [1.29, 1.82) is 0 Å². The molecule has 0 N–H and O–H groups in total. The highest BCUT2D eigenvalue weighted by molar-refractivity contribution is 6.12. The fourth-order valence-corrected chi connectivity index (χ4v) is 9.07. The van der Waals surface area contributed by atoms with Crippen LogP contribution in [0.25, 0.3) is 98.8 Å². The van der Waals surface area contributed by atoms with Crippen LogP contribution in [0.1, 0.15) is 0 Å². The lowest BCUT2D eigenvalue weighted by molar-refractivity contribution is 0.669. The predicted octanol–water partition coefficient (Wildman–Crippen LogP) is 16.3. The van der Waals surface area contributed by atoms with Crippen LogP contribution in [0.5, 0.6) is 0 Å². The third kappa shape index (κ3) is 5.44. The highest BCUT2D eigenvalue weighted by atomic mass is 16.3. The summed E-state index contributed by atoms with van der Waals surface area (Å²) in [6, 6.07) is 75.9. The van der Waals surface area contributed by atoms with Gasteiger partial charge in [-0.2, -0.15) is 0 Å². The second kappa shape index (κ2) is 13.4. The summed E-state index contributed by atoms with van der Waals surface area (Å²) in [5, 5.41) is 9.35. The third-order valence-electron chi connectivity index (χ3n) is 11.9. The van der Waals surface area contributed by atoms with E-state index in [1.54, 1.807) is 0 Å². The van der Waals surface area contributed by atoms with E-state index in [1.807, 2.05) is 24.3 Å². The van der Waals surface area contributed by atoms with Gasteiger partial charge in [0.05, 0.1) is 5.69 Å². The summed E-state index contributed by atoms with van der Waals surface area (Å²) < 4.78 is 12.6. The van der Waals surface area contributed by atoms with Crippen LogP contribution < -0.4 is 4.90 Å². The van der Waals surface area contributed by atoms with Crippen molar-refractivity contribution in [3.05, 3.63) is 212 Å². The van der Waals surface area contributed by atoms with Gasteiger partial charge < -0.3 is 13.7 Å². The Morgan fingerprint density at radius 1 is 0.305 bits per heavy atom. The molecular weight excluding hydrogens is 719 g/mol. The molecule has 12 rings (SSSR count). The Labute approximate surface area is 340 Å². The van der Waals surface area contributed by atoms with Crippen LogP contribution in [0.4, 0.5) is 17.1 Å². The highest BCUT2D eigenvalue weighted by Crippen LogP contribution is 2.47. The van der Waals surface area contributed by atoms with Crippen LogP contribution in [0.15, 0.2) is 221 Å². The number of nitrogens with zero attached hydrogens (tertiary/aromatic N) is 1. The lowest BCUT2D eigenvalue weighted by Gasteiger charge is -2.29. The largest absolute Gasteiger partial charge is 0.456 e. The minimum atomic E-state index is 0.898. The first-order valence-electron chi connectivity index (χ1n) is 20.1. The molecule has 0 radical (unpaired) electrons. The molecule has 0 saturated heterocycles. The van der Waals surface area contributed by atoms with Crippen molar-refractivity contribution >= 4 is 82.5 Å². The number of fused-ring (bicyclic) bond motifs is 8. The maximum absolute atomic E-state index is 6.47. The van der Waals surface area contributed by atoms with Gasteiger partial charge in [0.2, 0.25) is 0 Å². The number of rotatable bonds is 6. The number of furan rings is 2. The zero-order valence-electron chi connectivity index (χ0n) is 32.0. The van der Waals surface area contributed by atoms with Gasteiger partial charge in [0.15, 0.2) is 0 Å². The summed E-state index contributed by atoms with van der Waals surface area (Å²) >= 11 is 0. The summed E-state index contributed by atoms with van der Waals surface area (Å²) in [7, 11) is 0. The molecule has 0 bridgehead atoms. The van der Waals surface area contributed by atoms with Crippen LogP contribution in [0, 0.1) is 0 Å². The lowest BCUT2D eigenvalue weighted by Crippen LogP contribution is -2.11. The fourth-order valence-electron chi connectivity index (χ4n) is 9.07. The van der Waals surface area contributed by atoms with Crippen molar-refractivity contribution in [3.63, 3.8) is 0 Å². The monoisotopic (exact) mass is 753 g/mol. The molecule has 0 spiro atoms. The molecule has 0 aliphatic heterocycles. The van der Waals surface area contributed by atoms with E-state index >= 15 is 0 Å². The first-order valence-corrected chi connectivity index (χ1v) is 20.1. The first kappa shape index (κ1) is 33.3. The van der Waals surface area contributed by atoms with Gasteiger partial charge >= 0.3 is 0 Å². The van der Waals surface area contributed by atoms with Gasteiger partial charge in [-0.05, 0) is 98.4 Å². The van der Waals surface area contributed by atoms with Crippen LogP contribution in [-0.4, -0.2) is 0 Å². The van der Waals surface area contributed by atoms with E-state index in [9.17, 15) is 0 Å². The molecule has 2 aromatic heterocycles. The van der Waals surface area contributed by atoms with Gasteiger partial charge in [0.25, 0.3) is 0 Å². The normalized spacial score (nSPS) is 11.7. The standard InChI is InChI=1S/C56H35NO2/c1-3-14-43-37(11-1)13-9-19-48(43)55-44-15-4-2-12-38(44)27-33-51(55)57(41-29-23-36(24-30-41)40-28-34-54-50(35-40)47-17-6-7-21-52(47)58-54)42-31-25-39(26-32-42)45-18-10-20-49-46-16-5-8-22-53(46)59-56(45)49/h1-35H. The Hall–Kier alpha value is -7.88. The number of anilines is 3. The molecule has 0 unspecified atom stereocenters. The van der Waals surface area contributed by atoms with Crippen LogP contribution >= 0.6 is 0 Å². The number of hydrogen-bond acceptors (Lipinski definition) is 3. The fraction of sp³-hybridized carbons (Fsp3) is 0. The molecule has 12 aromatic rings. The highest BCUT2D eigenvalue weighted by Gasteiger charge is 2.22. The molecule has 0 aliphatic rings. The number of hydrogen-bond donors (Lipinski definition) is 0. The van der Waals surface area contributed by atoms with Crippen molar-refractivity contribution in [2.24, 2.45) is 0 Å². The number of benzene rings is 10. The molecule has 276 valence electrons. The first-order chi connectivity index (χ1) is 29.2. The van der Waals surface area contributed by atoms with Gasteiger partial charge in [-0.3, -0.25) is 0 Å². The zero-order chi connectivity index (χ0) is 38.9. The number of para-hydroxylation sites is 3. The van der Waals surface area contributed by atoms with Crippen molar-refractivity contribution in [2.45, 2.75) is 0 Å². The summed E-state index contributed by atoms with van der Waals surface area (Å²) in [6.45, 7) is 0. The average Bonchev–Trinajstić information content (AvgIpc) is 3.88. The summed E-state index contributed by atoms with van der Waals surface area (Å²) in [5.41, 5.74) is 13.7. The molecule has 10 aromatic carbocycles. The summed E-state index contributed by atoms with van der Waals surface area (Å²) in [5.74, 6) is 0. The molecule has 3 nitrogen and oxygen atoms in total.